The summed E-state index contributed by atoms with van der Waals surface area (Å²) in [7, 11) is 0. The predicted octanol–water partition coefficient (Wildman–Crippen LogP) is 4.09. The molecule has 1 unspecified atom stereocenters. The number of anilines is 1. The number of aromatic nitrogens is 3. The number of rotatable bonds is 8. The van der Waals surface area contributed by atoms with Gasteiger partial charge in [0.25, 0.3) is 5.91 Å². The van der Waals surface area contributed by atoms with E-state index in [1.165, 1.54) is 20.2 Å². The molecule has 1 atom stereocenters. The fourth-order valence-electron chi connectivity index (χ4n) is 2.77. The predicted molar refractivity (Wildman–Crippen MR) is 122 cm³/mol. The van der Waals surface area contributed by atoms with Gasteiger partial charge in [-0.15, -0.1) is 10.2 Å². The van der Waals surface area contributed by atoms with E-state index in [0.717, 1.165) is 23.0 Å². The highest BCUT2D eigenvalue weighted by atomic mass is 35.5. The third kappa shape index (κ3) is 5.74. The van der Waals surface area contributed by atoms with Gasteiger partial charge in [0.15, 0.2) is 17.0 Å². The van der Waals surface area contributed by atoms with Crippen molar-refractivity contribution in [2.45, 2.75) is 32.0 Å². The number of thioether (sulfide) groups is 1. The Labute approximate surface area is 194 Å². The highest BCUT2D eigenvalue weighted by molar-refractivity contribution is 7.99. The summed E-state index contributed by atoms with van der Waals surface area (Å²) in [5.41, 5.74) is 2.45. The SMILES string of the molecule is CC(=O)c1ccccc1NC(=O)C(C)OC(=O)CSc1nncn1-c1ccc(C)c(Cl)c1. The summed E-state index contributed by atoms with van der Waals surface area (Å²) in [5, 5.41) is 11.6. The molecule has 1 amide bonds. The standard InChI is InChI=1S/C22H21ClN4O4S/c1-13-8-9-16(10-18(13)23)27-12-24-26-22(27)32-11-20(29)31-15(3)21(30)25-19-7-5-4-6-17(19)14(2)28/h4-10,12,15H,11H2,1-3H3,(H,25,30). The number of carbonyl (C=O) groups is 3. The molecule has 2 aromatic carbocycles. The van der Waals surface area contributed by atoms with Crippen LogP contribution in [0, 0.1) is 6.92 Å². The first-order valence-electron chi connectivity index (χ1n) is 9.66. The van der Waals surface area contributed by atoms with Crippen molar-refractivity contribution >= 4 is 46.7 Å². The molecule has 0 radical (unpaired) electrons. The fraction of sp³-hybridized carbons (Fsp3) is 0.227. The Hall–Kier alpha value is -3.17. The molecule has 0 spiro atoms. The average Bonchev–Trinajstić information content (AvgIpc) is 3.23. The number of amides is 1. The number of para-hydroxylation sites is 1. The molecule has 3 rings (SSSR count). The largest absolute Gasteiger partial charge is 0.452 e. The Bertz CT molecular complexity index is 1160. The molecule has 3 aromatic rings. The number of aryl methyl sites for hydroxylation is 1. The topological polar surface area (TPSA) is 103 Å². The maximum Gasteiger partial charge on any atom is 0.317 e. The Balaban J connectivity index is 1.58. The maximum absolute atomic E-state index is 12.4. The molecular formula is C22H21ClN4O4S. The van der Waals surface area contributed by atoms with Crippen LogP contribution in [0.15, 0.2) is 53.9 Å². The van der Waals surface area contributed by atoms with E-state index in [4.69, 9.17) is 16.3 Å². The van der Waals surface area contributed by atoms with Crippen LogP contribution in [0.2, 0.25) is 5.02 Å². The highest BCUT2D eigenvalue weighted by Gasteiger charge is 2.20. The maximum atomic E-state index is 12.4. The number of benzene rings is 2. The van der Waals surface area contributed by atoms with Crippen molar-refractivity contribution in [3.8, 4) is 5.69 Å². The van der Waals surface area contributed by atoms with E-state index < -0.39 is 18.0 Å². The molecule has 1 N–H and O–H groups in total. The smallest absolute Gasteiger partial charge is 0.317 e. The molecule has 8 nitrogen and oxygen atoms in total. The van der Waals surface area contributed by atoms with Gasteiger partial charge in [0.1, 0.15) is 6.33 Å². The van der Waals surface area contributed by atoms with Crippen molar-refractivity contribution in [2.75, 3.05) is 11.1 Å². The minimum atomic E-state index is -1.04. The minimum Gasteiger partial charge on any atom is -0.452 e. The van der Waals surface area contributed by atoms with Gasteiger partial charge in [0.05, 0.1) is 17.1 Å². The van der Waals surface area contributed by atoms with Gasteiger partial charge in [0.2, 0.25) is 0 Å². The second kappa shape index (κ2) is 10.4. The lowest BCUT2D eigenvalue weighted by Gasteiger charge is -2.15. The van der Waals surface area contributed by atoms with E-state index in [1.54, 1.807) is 34.9 Å². The summed E-state index contributed by atoms with van der Waals surface area (Å²) in [6.07, 6.45) is 0.480. The Morgan fingerprint density at radius 2 is 1.97 bits per heavy atom. The van der Waals surface area contributed by atoms with Gasteiger partial charge in [-0.2, -0.15) is 0 Å². The number of nitrogens with one attached hydrogen (secondary N) is 1. The highest BCUT2D eigenvalue weighted by Crippen LogP contribution is 2.24. The number of carbonyl (C=O) groups excluding carboxylic acids is 3. The molecule has 0 saturated heterocycles. The molecule has 1 heterocycles. The number of esters is 1. The molecule has 0 aliphatic heterocycles. The van der Waals surface area contributed by atoms with Gasteiger partial charge in [-0.1, -0.05) is 41.6 Å². The minimum absolute atomic E-state index is 0.0695. The number of ketones is 1. The lowest BCUT2D eigenvalue weighted by Crippen LogP contribution is -2.31. The van der Waals surface area contributed by atoms with E-state index in [-0.39, 0.29) is 11.5 Å². The first kappa shape index (κ1) is 23.5. The summed E-state index contributed by atoms with van der Waals surface area (Å²) in [5.74, 6) is -1.37. The number of nitrogens with zero attached hydrogens (tertiary/aromatic N) is 3. The van der Waals surface area contributed by atoms with Crippen LogP contribution in [0.1, 0.15) is 29.8 Å². The molecule has 0 bridgehead atoms. The molecule has 1 aromatic heterocycles. The molecule has 10 heteroatoms. The van der Waals surface area contributed by atoms with Gasteiger partial charge in [-0.3, -0.25) is 19.0 Å². The van der Waals surface area contributed by atoms with Gasteiger partial charge in [-0.25, -0.2) is 0 Å². The number of halogens is 1. The number of Topliss-reactive ketones (excluding diaryl/α,β-unsaturated/α-hetero) is 1. The van der Waals surface area contributed by atoms with Crippen molar-refractivity contribution in [1.29, 1.82) is 0 Å². The number of hydrogen-bond acceptors (Lipinski definition) is 7. The summed E-state index contributed by atoms with van der Waals surface area (Å²) in [6, 6.07) is 12.2. The van der Waals surface area contributed by atoms with Crippen molar-refractivity contribution in [2.24, 2.45) is 0 Å². The Kier molecular flexibility index (Phi) is 7.66. The third-order valence-corrected chi connectivity index (χ3v) is 5.83. The van der Waals surface area contributed by atoms with Crippen molar-refractivity contribution in [3.05, 3.63) is 64.9 Å². The molecule has 166 valence electrons. The van der Waals surface area contributed by atoms with Gasteiger partial charge < -0.3 is 10.1 Å². The monoisotopic (exact) mass is 472 g/mol. The van der Waals surface area contributed by atoms with E-state index in [0.29, 0.717) is 21.4 Å². The molecule has 0 aliphatic carbocycles. The van der Waals surface area contributed by atoms with Crippen LogP contribution in [0.4, 0.5) is 5.69 Å². The van der Waals surface area contributed by atoms with E-state index >= 15 is 0 Å². The van der Waals surface area contributed by atoms with Crippen LogP contribution in [0.5, 0.6) is 0 Å². The van der Waals surface area contributed by atoms with E-state index in [9.17, 15) is 14.4 Å². The van der Waals surface area contributed by atoms with E-state index in [2.05, 4.69) is 15.5 Å². The summed E-state index contributed by atoms with van der Waals surface area (Å²) < 4.78 is 6.93. The molecule has 32 heavy (non-hydrogen) atoms. The first-order chi connectivity index (χ1) is 15.3. The van der Waals surface area contributed by atoms with Crippen LogP contribution in [-0.2, 0) is 14.3 Å². The first-order valence-corrected chi connectivity index (χ1v) is 11.0. The van der Waals surface area contributed by atoms with Crippen molar-refractivity contribution in [3.63, 3.8) is 0 Å². The fourth-order valence-corrected chi connectivity index (χ4v) is 3.66. The summed E-state index contributed by atoms with van der Waals surface area (Å²) in [6.45, 7) is 4.78. The quantitative estimate of drug-likeness (QED) is 0.299. The molecule has 0 aliphatic rings. The molecule has 0 saturated carbocycles. The zero-order valence-electron chi connectivity index (χ0n) is 17.7. The summed E-state index contributed by atoms with van der Waals surface area (Å²) in [4.78, 5) is 36.4. The van der Waals surface area contributed by atoms with Crippen molar-refractivity contribution in [1.82, 2.24) is 14.8 Å². The normalized spacial score (nSPS) is 11.6. The van der Waals surface area contributed by atoms with Crippen LogP contribution in [-0.4, -0.2) is 44.3 Å². The van der Waals surface area contributed by atoms with Gasteiger partial charge >= 0.3 is 5.97 Å². The zero-order valence-corrected chi connectivity index (χ0v) is 19.2. The number of hydrogen-bond donors (Lipinski definition) is 1. The average molecular weight is 473 g/mol. The van der Waals surface area contributed by atoms with Crippen molar-refractivity contribution < 1.29 is 19.1 Å². The van der Waals surface area contributed by atoms with Gasteiger partial charge in [-0.05, 0) is 50.6 Å². The number of ether oxygens (including phenoxy) is 1. The summed E-state index contributed by atoms with van der Waals surface area (Å²) >= 11 is 7.32. The third-order valence-electron chi connectivity index (χ3n) is 4.51. The zero-order chi connectivity index (χ0) is 23.3. The van der Waals surface area contributed by atoms with Crippen LogP contribution < -0.4 is 5.32 Å². The van der Waals surface area contributed by atoms with Crippen LogP contribution >= 0.6 is 23.4 Å². The van der Waals surface area contributed by atoms with E-state index in [1.807, 2.05) is 19.1 Å². The van der Waals surface area contributed by atoms with Crippen LogP contribution in [0.3, 0.4) is 0 Å². The lowest BCUT2D eigenvalue weighted by atomic mass is 10.1. The Morgan fingerprint density at radius 1 is 1.22 bits per heavy atom. The molecular weight excluding hydrogens is 452 g/mol. The second-order valence-corrected chi connectivity index (χ2v) is 8.28. The Morgan fingerprint density at radius 3 is 2.69 bits per heavy atom. The lowest BCUT2D eigenvalue weighted by molar-refractivity contribution is -0.150. The van der Waals surface area contributed by atoms with Crippen LogP contribution in [0.25, 0.3) is 5.69 Å². The second-order valence-electron chi connectivity index (χ2n) is 6.93. The molecule has 0 fully saturated rings. The van der Waals surface area contributed by atoms with Gasteiger partial charge in [0, 0.05) is 10.6 Å².